The van der Waals surface area contributed by atoms with Crippen LogP contribution in [0.5, 0.6) is 0 Å². The number of aromatic nitrogens is 2. The fourth-order valence-corrected chi connectivity index (χ4v) is 11.9. The number of fused-ring (bicyclic) bond motifs is 2. The zero-order valence-corrected chi connectivity index (χ0v) is 36.5. The van der Waals surface area contributed by atoms with Crippen LogP contribution in [0.4, 0.5) is 4.39 Å². The molecular weight excluding hydrogens is 796 g/mol. The van der Waals surface area contributed by atoms with E-state index < -0.39 is 17.9 Å². The number of unbranched alkanes of at least 4 members (excludes halogenated alkanes) is 2. The lowest BCUT2D eigenvalue weighted by Gasteiger charge is -2.44. The minimum atomic E-state index is -0.597. The molecule has 2 N–H and O–H groups in total. The molecule has 3 aromatic heterocycles. The second kappa shape index (κ2) is 19.9. The average molecular weight is 855 g/mol. The molecule has 3 fully saturated rings. The molecule has 8 rings (SSSR count). The van der Waals surface area contributed by atoms with Gasteiger partial charge in [-0.3, -0.25) is 19.4 Å². The number of nitrogens with one attached hydrogen (secondary N) is 2. The van der Waals surface area contributed by atoms with Crippen LogP contribution >= 0.6 is 22.7 Å². The fourth-order valence-electron chi connectivity index (χ4n) is 9.73. The lowest BCUT2D eigenvalue weighted by atomic mass is 9.82. The standard InChI is InChI=1S/C47H59FN6O4S2/c1-32(50-22-7-3-8-25-53-27-20-47(21-28-53)37-30-41(33-17-23-49-24-18-33)60-40(37)19-29-58-47)44(56)52-42(34-10-4-2-5-11-34)46(57)54-26-9-6-12-39(54)45-51-38(31-59-45)43(55)35-13-15-36(48)16-14-35/h13-18,23-24,30-32,34,39,42,50H,2-12,19-22,25-29H2,1H3,(H,52,56)/t32-,39?,42-/m0/s1. The Morgan fingerprint density at radius 2 is 1.72 bits per heavy atom. The molecule has 1 unspecified atom stereocenters. The molecule has 1 spiro atoms. The van der Waals surface area contributed by atoms with Gasteiger partial charge in [0.25, 0.3) is 0 Å². The number of amides is 2. The average Bonchev–Trinajstić information content (AvgIpc) is 3.97. The summed E-state index contributed by atoms with van der Waals surface area (Å²) in [5, 5.41) is 9.14. The Labute approximate surface area is 361 Å². The zero-order chi connectivity index (χ0) is 41.5. The van der Waals surface area contributed by atoms with Crippen molar-refractivity contribution in [3.05, 3.63) is 92.8 Å². The van der Waals surface area contributed by atoms with Gasteiger partial charge in [0, 0.05) is 59.1 Å². The van der Waals surface area contributed by atoms with E-state index in [0.29, 0.717) is 17.8 Å². The number of carbonyl (C=O) groups is 3. The van der Waals surface area contributed by atoms with Crippen LogP contribution in [-0.2, 0) is 26.3 Å². The van der Waals surface area contributed by atoms with Crippen molar-refractivity contribution in [3.8, 4) is 10.4 Å². The SMILES string of the molecule is C[C@H](NCCCCCN1CCC2(CC1)OCCc1sc(-c3ccncc3)cc12)C(=O)N[C@H](C(=O)N1CCCCC1c1nc(C(=O)c2ccc(F)cc2)cs1)C1CCCCC1. The highest BCUT2D eigenvalue weighted by Gasteiger charge is 2.42. The van der Waals surface area contributed by atoms with Crippen LogP contribution in [0.25, 0.3) is 10.4 Å². The number of piperidine rings is 2. The summed E-state index contributed by atoms with van der Waals surface area (Å²) >= 11 is 3.30. The topological polar surface area (TPSA) is 117 Å². The molecule has 13 heteroatoms. The van der Waals surface area contributed by atoms with Gasteiger partial charge in [0.2, 0.25) is 17.6 Å². The number of hydrogen-bond acceptors (Lipinski definition) is 10. The molecular formula is C47H59FN6O4S2. The molecule has 60 heavy (non-hydrogen) atoms. The first-order chi connectivity index (χ1) is 29.3. The van der Waals surface area contributed by atoms with Crippen molar-refractivity contribution >= 4 is 40.3 Å². The molecule has 3 aliphatic heterocycles. The van der Waals surface area contributed by atoms with Crippen molar-refractivity contribution in [2.75, 3.05) is 39.3 Å². The summed E-state index contributed by atoms with van der Waals surface area (Å²) in [5.41, 5.74) is 3.15. The molecule has 320 valence electrons. The summed E-state index contributed by atoms with van der Waals surface area (Å²) in [7, 11) is 0. The van der Waals surface area contributed by atoms with Gasteiger partial charge in [0.1, 0.15) is 22.6 Å². The third-order valence-corrected chi connectivity index (χ3v) is 15.4. The van der Waals surface area contributed by atoms with Crippen LogP contribution in [0.2, 0.25) is 0 Å². The quantitative estimate of drug-likeness (QED) is 0.0905. The number of nitrogens with zero attached hydrogens (tertiary/aromatic N) is 4. The van der Waals surface area contributed by atoms with Crippen molar-refractivity contribution in [2.45, 2.75) is 121 Å². The summed E-state index contributed by atoms with van der Waals surface area (Å²) in [5.74, 6) is -0.757. The third kappa shape index (κ3) is 9.91. The van der Waals surface area contributed by atoms with Gasteiger partial charge in [-0.15, -0.1) is 22.7 Å². The van der Waals surface area contributed by atoms with E-state index in [-0.39, 0.29) is 35.2 Å². The maximum Gasteiger partial charge on any atom is 0.246 e. The predicted molar refractivity (Wildman–Crippen MR) is 235 cm³/mol. The number of ketones is 1. The Balaban J connectivity index is 0.800. The lowest BCUT2D eigenvalue weighted by Crippen LogP contribution is -2.57. The molecule has 4 aliphatic rings. The zero-order valence-electron chi connectivity index (χ0n) is 34.8. The first-order valence-corrected chi connectivity index (χ1v) is 24.0. The summed E-state index contributed by atoms with van der Waals surface area (Å²) < 4.78 is 20.1. The highest BCUT2D eigenvalue weighted by molar-refractivity contribution is 7.15. The molecule has 1 saturated carbocycles. The van der Waals surface area contributed by atoms with E-state index in [9.17, 15) is 18.8 Å². The van der Waals surface area contributed by atoms with E-state index >= 15 is 0 Å². The fraction of sp³-hybridized carbons (Fsp3) is 0.553. The number of benzene rings is 1. The number of carbonyl (C=O) groups excluding carboxylic acids is 3. The summed E-state index contributed by atoms with van der Waals surface area (Å²) in [6, 6.07) is 10.8. The second-order valence-electron chi connectivity index (χ2n) is 17.2. The highest BCUT2D eigenvalue weighted by Crippen LogP contribution is 2.46. The van der Waals surface area contributed by atoms with Crippen LogP contribution in [0.1, 0.15) is 128 Å². The van der Waals surface area contributed by atoms with Gasteiger partial charge >= 0.3 is 0 Å². The largest absolute Gasteiger partial charge is 0.370 e. The Morgan fingerprint density at radius 3 is 2.50 bits per heavy atom. The number of rotatable bonds is 15. The first-order valence-electron chi connectivity index (χ1n) is 22.3. The molecule has 2 amide bonds. The van der Waals surface area contributed by atoms with E-state index in [1.54, 1.807) is 5.38 Å². The van der Waals surface area contributed by atoms with Gasteiger partial charge in [0.05, 0.1) is 24.3 Å². The monoisotopic (exact) mass is 854 g/mol. The van der Waals surface area contributed by atoms with Gasteiger partial charge in [0.15, 0.2) is 0 Å². The maximum absolute atomic E-state index is 14.5. The van der Waals surface area contributed by atoms with Crippen LogP contribution < -0.4 is 10.6 Å². The molecule has 10 nitrogen and oxygen atoms in total. The highest BCUT2D eigenvalue weighted by atomic mass is 32.1. The second-order valence-corrected chi connectivity index (χ2v) is 19.2. The Morgan fingerprint density at radius 1 is 0.950 bits per heavy atom. The third-order valence-electron chi connectivity index (χ3n) is 13.2. The van der Waals surface area contributed by atoms with Gasteiger partial charge in [-0.1, -0.05) is 25.7 Å². The van der Waals surface area contributed by atoms with Crippen molar-refractivity contribution in [1.29, 1.82) is 0 Å². The number of pyridine rings is 1. The molecule has 2 saturated heterocycles. The van der Waals surface area contributed by atoms with E-state index in [0.717, 1.165) is 128 Å². The van der Waals surface area contributed by atoms with Crippen molar-refractivity contribution in [2.24, 2.45) is 5.92 Å². The molecule has 3 atom stereocenters. The van der Waals surface area contributed by atoms with Crippen LogP contribution in [0.3, 0.4) is 0 Å². The lowest BCUT2D eigenvalue weighted by molar-refractivity contribution is -0.142. The maximum atomic E-state index is 14.5. The predicted octanol–water partition coefficient (Wildman–Crippen LogP) is 8.47. The summed E-state index contributed by atoms with van der Waals surface area (Å²) in [4.78, 5) is 57.6. The number of likely N-dealkylation sites (tertiary alicyclic amines) is 2. The Hall–Kier alpha value is -3.88. The van der Waals surface area contributed by atoms with Crippen molar-refractivity contribution < 1.29 is 23.5 Å². The van der Waals surface area contributed by atoms with Crippen molar-refractivity contribution in [1.82, 2.24) is 30.4 Å². The molecule has 1 aromatic carbocycles. The van der Waals surface area contributed by atoms with Crippen LogP contribution in [-0.4, -0.2) is 88.8 Å². The number of halogens is 1. The molecule has 0 bridgehead atoms. The Bertz CT molecular complexity index is 2060. The van der Waals surface area contributed by atoms with E-state index in [4.69, 9.17) is 9.72 Å². The van der Waals surface area contributed by atoms with Gasteiger partial charge in [-0.25, -0.2) is 9.37 Å². The van der Waals surface area contributed by atoms with Gasteiger partial charge in [-0.2, -0.15) is 0 Å². The van der Waals surface area contributed by atoms with E-state index in [1.165, 1.54) is 56.5 Å². The molecule has 4 aromatic rings. The Kier molecular flexibility index (Phi) is 14.2. The molecule has 0 radical (unpaired) electrons. The van der Waals surface area contributed by atoms with E-state index in [2.05, 4.69) is 38.7 Å². The van der Waals surface area contributed by atoms with Crippen molar-refractivity contribution in [3.63, 3.8) is 0 Å². The molecule has 6 heterocycles. The van der Waals surface area contributed by atoms with Gasteiger partial charge in [-0.05, 0) is 137 Å². The minimum Gasteiger partial charge on any atom is -0.370 e. The number of thiophene rings is 1. The number of hydrogen-bond donors (Lipinski definition) is 2. The normalized spacial score (nSPS) is 20.7. The van der Waals surface area contributed by atoms with Crippen LogP contribution in [0, 0.1) is 11.7 Å². The number of thiazole rings is 1. The molecule has 1 aliphatic carbocycles. The smallest absolute Gasteiger partial charge is 0.246 e. The summed E-state index contributed by atoms with van der Waals surface area (Å²) in [6.45, 7) is 7.17. The van der Waals surface area contributed by atoms with Gasteiger partial charge < -0.3 is 25.2 Å². The first kappa shape index (κ1) is 42.8. The van der Waals surface area contributed by atoms with E-state index in [1.807, 2.05) is 35.6 Å². The van der Waals surface area contributed by atoms with Crippen LogP contribution in [0.15, 0.2) is 60.2 Å². The number of ether oxygens (including phenoxy) is 1. The summed E-state index contributed by atoms with van der Waals surface area (Å²) in [6.07, 6.45) is 17.6. The minimum absolute atomic E-state index is 0.0436.